The number of aliphatic hydroxyl groups excluding tert-OH is 1. The first-order valence-electron chi connectivity index (χ1n) is 10.3. The highest BCUT2D eigenvalue weighted by molar-refractivity contribution is 7.89. The van der Waals surface area contributed by atoms with Gasteiger partial charge in [0.2, 0.25) is 15.9 Å². The zero-order valence-corrected chi connectivity index (χ0v) is 17.7. The zero-order valence-electron chi connectivity index (χ0n) is 16.9. The molecule has 0 saturated carbocycles. The van der Waals surface area contributed by atoms with Crippen molar-refractivity contribution < 1.29 is 18.3 Å². The second-order valence-corrected chi connectivity index (χ2v) is 10.1. The summed E-state index contributed by atoms with van der Waals surface area (Å²) in [6, 6.07) is 9.13. The van der Waals surface area contributed by atoms with Crippen LogP contribution < -0.4 is 14.5 Å². The maximum Gasteiger partial charge on any atom is 0.240 e. The highest BCUT2D eigenvalue weighted by Crippen LogP contribution is 2.38. The van der Waals surface area contributed by atoms with Crippen molar-refractivity contribution in [2.75, 3.05) is 36.5 Å². The standard InChI is InChI=1S/C22H25N3O4S/c1-24-8-6-14-10-15(2-4-19(14)24)20(26)13-23-30(28,29)18-11-16-3-5-21(27)25-9-7-17(12-18)22(16)25/h2,4,10-12,20,23,26H,3,5-9,13H2,1H3. The number of nitrogens with one attached hydrogen (secondary N) is 1. The quantitative estimate of drug-likeness (QED) is 0.755. The van der Waals surface area contributed by atoms with E-state index in [4.69, 9.17) is 0 Å². The van der Waals surface area contributed by atoms with Crippen molar-refractivity contribution in [1.82, 2.24) is 4.72 Å². The van der Waals surface area contributed by atoms with E-state index in [1.807, 2.05) is 25.2 Å². The van der Waals surface area contributed by atoms with Gasteiger partial charge in [-0.3, -0.25) is 4.79 Å². The number of nitrogens with zero attached hydrogens (tertiary/aromatic N) is 2. The van der Waals surface area contributed by atoms with Crippen LogP contribution in [0.4, 0.5) is 11.4 Å². The molecule has 1 atom stereocenters. The Bertz CT molecular complexity index is 1150. The van der Waals surface area contributed by atoms with E-state index >= 15 is 0 Å². The number of aryl methyl sites for hydroxylation is 1. The van der Waals surface area contributed by atoms with E-state index in [0.29, 0.717) is 31.4 Å². The van der Waals surface area contributed by atoms with Gasteiger partial charge in [0, 0.05) is 38.8 Å². The first kappa shape index (κ1) is 19.5. The molecule has 3 aliphatic rings. The number of hydrogen-bond acceptors (Lipinski definition) is 5. The molecule has 5 rings (SSSR count). The smallest absolute Gasteiger partial charge is 0.240 e. The summed E-state index contributed by atoms with van der Waals surface area (Å²) in [5.41, 5.74) is 5.76. The molecule has 2 N–H and O–H groups in total. The molecule has 0 bridgehead atoms. The summed E-state index contributed by atoms with van der Waals surface area (Å²) >= 11 is 0. The van der Waals surface area contributed by atoms with E-state index in [1.54, 1.807) is 17.0 Å². The molecular weight excluding hydrogens is 402 g/mol. The number of anilines is 2. The fourth-order valence-electron chi connectivity index (χ4n) is 4.76. The number of fused-ring (bicyclic) bond motifs is 1. The maximum atomic E-state index is 12.9. The van der Waals surface area contributed by atoms with Gasteiger partial charge in [0.15, 0.2) is 0 Å². The van der Waals surface area contributed by atoms with Gasteiger partial charge in [-0.15, -0.1) is 0 Å². The average Bonchev–Trinajstić information content (AvgIpc) is 3.33. The van der Waals surface area contributed by atoms with E-state index in [9.17, 15) is 18.3 Å². The number of amides is 1. The van der Waals surface area contributed by atoms with Gasteiger partial charge < -0.3 is 14.9 Å². The largest absolute Gasteiger partial charge is 0.387 e. The lowest BCUT2D eigenvalue weighted by Gasteiger charge is -2.25. The fraction of sp³-hybridized carbons (Fsp3) is 0.409. The molecule has 0 aliphatic carbocycles. The minimum absolute atomic E-state index is 0.0893. The first-order valence-corrected chi connectivity index (χ1v) is 11.8. The summed E-state index contributed by atoms with van der Waals surface area (Å²) in [5, 5.41) is 10.6. The predicted octanol–water partition coefficient (Wildman–Crippen LogP) is 1.53. The van der Waals surface area contributed by atoms with Gasteiger partial charge in [-0.25, -0.2) is 13.1 Å². The molecule has 2 aromatic rings. The lowest BCUT2D eigenvalue weighted by molar-refractivity contribution is -0.118. The van der Waals surface area contributed by atoms with Crippen molar-refractivity contribution in [2.24, 2.45) is 0 Å². The number of rotatable bonds is 5. The number of sulfonamides is 1. The molecule has 2 aromatic carbocycles. The normalized spacial score (nSPS) is 18.5. The van der Waals surface area contributed by atoms with Crippen molar-refractivity contribution in [2.45, 2.75) is 36.7 Å². The van der Waals surface area contributed by atoms with Crippen LogP contribution in [-0.2, 0) is 34.1 Å². The summed E-state index contributed by atoms with van der Waals surface area (Å²) in [7, 11) is -1.73. The highest BCUT2D eigenvalue weighted by atomic mass is 32.2. The molecule has 0 saturated heterocycles. The average molecular weight is 428 g/mol. The van der Waals surface area contributed by atoms with Crippen LogP contribution in [0.1, 0.15) is 34.8 Å². The topological polar surface area (TPSA) is 89.9 Å². The van der Waals surface area contributed by atoms with E-state index in [2.05, 4.69) is 9.62 Å². The number of likely N-dealkylation sites (N-methyl/N-ethyl adjacent to an activating group) is 1. The Morgan fingerprint density at radius 2 is 1.77 bits per heavy atom. The predicted molar refractivity (Wildman–Crippen MR) is 114 cm³/mol. The van der Waals surface area contributed by atoms with Crippen molar-refractivity contribution >= 4 is 27.3 Å². The SMILES string of the molecule is CN1CCc2cc(C(O)CNS(=O)(=O)c3cc4c5c(c3)CCN5C(=O)CC4)ccc21. The molecule has 3 heterocycles. The van der Waals surface area contributed by atoms with E-state index < -0.39 is 16.1 Å². The van der Waals surface area contributed by atoms with Crippen molar-refractivity contribution in [1.29, 1.82) is 0 Å². The Morgan fingerprint density at radius 3 is 2.57 bits per heavy atom. The van der Waals surface area contributed by atoms with Crippen LogP contribution in [0.2, 0.25) is 0 Å². The summed E-state index contributed by atoms with van der Waals surface area (Å²) in [6.45, 7) is 1.48. The van der Waals surface area contributed by atoms with Crippen LogP contribution in [0.25, 0.3) is 0 Å². The van der Waals surface area contributed by atoms with E-state index in [-0.39, 0.29) is 17.3 Å². The van der Waals surface area contributed by atoms with Gasteiger partial charge in [0.05, 0.1) is 16.7 Å². The monoisotopic (exact) mass is 427 g/mol. The summed E-state index contributed by atoms with van der Waals surface area (Å²) in [6.07, 6.45) is 1.65. The van der Waals surface area contributed by atoms with E-state index in [0.717, 1.165) is 35.5 Å². The fourth-order valence-corrected chi connectivity index (χ4v) is 5.90. The number of hydrogen-bond donors (Lipinski definition) is 2. The first-order chi connectivity index (χ1) is 14.3. The molecule has 0 aromatic heterocycles. The minimum Gasteiger partial charge on any atom is -0.387 e. The number of carbonyl (C=O) groups excluding carboxylic acids is 1. The zero-order chi connectivity index (χ0) is 21.0. The van der Waals surface area contributed by atoms with Crippen LogP contribution >= 0.6 is 0 Å². The Morgan fingerprint density at radius 1 is 1.03 bits per heavy atom. The highest BCUT2D eigenvalue weighted by Gasteiger charge is 2.33. The Hall–Kier alpha value is -2.42. The van der Waals surface area contributed by atoms with Crippen LogP contribution in [0.5, 0.6) is 0 Å². The minimum atomic E-state index is -3.77. The summed E-state index contributed by atoms with van der Waals surface area (Å²) in [5.74, 6) is 0.110. The molecule has 3 aliphatic heterocycles. The maximum absolute atomic E-state index is 12.9. The Labute approximate surface area is 176 Å². The molecule has 8 heteroatoms. The van der Waals surface area contributed by atoms with Crippen molar-refractivity contribution in [3.05, 3.63) is 52.6 Å². The number of carbonyl (C=O) groups is 1. The second-order valence-electron chi connectivity index (χ2n) is 8.31. The van der Waals surface area contributed by atoms with Crippen LogP contribution in [0.3, 0.4) is 0 Å². The molecule has 1 unspecified atom stereocenters. The molecule has 158 valence electrons. The lowest BCUT2D eigenvalue weighted by Crippen LogP contribution is -2.33. The van der Waals surface area contributed by atoms with Crippen LogP contribution in [0, 0.1) is 0 Å². The molecular formula is C22H25N3O4S. The van der Waals surface area contributed by atoms with Gasteiger partial charge in [-0.05, 0) is 59.7 Å². The second kappa shape index (κ2) is 7.08. The molecule has 1 amide bonds. The third-order valence-corrected chi connectivity index (χ3v) is 7.82. The molecule has 0 fully saturated rings. The van der Waals surface area contributed by atoms with Gasteiger partial charge in [-0.1, -0.05) is 12.1 Å². The Balaban J connectivity index is 1.34. The summed E-state index contributed by atoms with van der Waals surface area (Å²) in [4.78, 5) is 16.2. The number of aliphatic hydroxyl groups is 1. The molecule has 7 nitrogen and oxygen atoms in total. The molecule has 0 spiro atoms. The Kier molecular flexibility index (Phi) is 4.61. The van der Waals surface area contributed by atoms with Crippen molar-refractivity contribution in [3.63, 3.8) is 0 Å². The molecule has 0 radical (unpaired) electrons. The van der Waals surface area contributed by atoms with Crippen LogP contribution in [-0.4, -0.2) is 46.1 Å². The van der Waals surface area contributed by atoms with Crippen LogP contribution in [0.15, 0.2) is 35.2 Å². The van der Waals surface area contributed by atoms with Gasteiger partial charge >= 0.3 is 0 Å². The van der Waals surface area contributed by atoms with Gasteiger partial charge in [-0.2, -0.15) is 0 Å². The van der Waals surface area contributed by atoms with Gasteiger partial charge in [0.1, 0.15) is 0 Å². The van der Waals surface area contributed by atoms with E-state index in [1.165, 1.54) is 5.56 Å². The third kappa shape index (κ3) is 3.19. The number of benzene rings is 2. The lowest BCUT2D eigenvalue weighted by atomic mass is 10.00. The summed E-state index contributed by atoms with van der Waals surface area (Å²) < 4.78 is 28.4. The van der Waals surface area contributed by atoms with Crippen molar-refractivity contribution in [3.8, 4) is 0 Å². The molecule has 30 heavy (non-hydrogen) atoms. The van der Waals surface area contributed by atoms with Gasteiger partial charge in [0.25, 0.3) is 0 Å². The third-order valence-electron chi connectivity index (χ3n) is 6.42.